The Bertz CT molecular complexity index is 246. The zero-order chi connectivity index (χ0) is 11.5. The molecule has 1 heterocycles. The molecule has 2 fully saturated rings. The van der Waals surface area contributed by atoms with E-state index in [0.29, 0.717) is 17.9 Å². The van der Waals surface area contributed by atoms with Crippen LogP contribution >= 0.6 is 0 Å². The summed E-state index contributed by atoms with van der Waals surface area (Å²) in [6.45, 7) is 7.20. The fourth-order valence-corrected chi connectivity index (χ4v) is 2.90. The molecule has 1 amide bonds. The van der Waals surface area contributed by atoms with Gasteiger partial charge in [0.15, 0.2) is 0 Å². The third-order valence-corrected chi connectivity index (χ3v) is 4.05. The van der Waals surface area contributed by atoms with E-state index in [2.05, 4.69) is 24.1 Å². The van der Waals surface area contributed by atoms with Gasteiger partial charge in [-0.05, 0) is 38.5 Å². The smallest absolute Gasteiger partial charge is 0.225 e. The minimum atomic E-state index is 0.321. The maximum absolute atomic E-state index is 12.3. The van der Waals surface area contributed by atoms with Gasteiger partial charge >= 0.3 is 0 Å². The Morgan fingerprint density at radius 1 is 1.19 bits per heavy atom. The van der Waals surface area contributed by atoms with Crippen molar-refractivity contribution in [1.29, 1.82) is 0 Å². The number of carbonyl (C=O) groups is 1. The fraction of sp³-hybridized carbons (Fsp3) is 0.923. The van der Waals surface area contributed by atoms with E-state index in [1.807, 2.05) is 0 Å². The molecule has 1 saturated heterocycles. The molecule has 0 spiro atoms. The minimum absolute atomic E-state index is 0.321. The van der Waals surface area contributed by atoms with Gasteiger partial charge in [-0.3, -0.25) is 4.79 Å². The normalized spacial score (nSPS) is 36.1. The highest BCUT2D eigenvalue weighted by atomic mass is 16.2. The molecule has 3 heteroatoms. The van der Waals surface area contributed by atoms with Crippen molar-refractivity contribution in [3.05, 3.63) is 0 Å². The summed E-state index contributed by atoms with van der Waals surface area (Å²) in [5.74, 6) is 1.56. The van der Waals surface area contributed by atoms with Crippen LogP contribution in [0.3, 0.4) is 0 Å². The van der Waals surface area contributed by atoms with E-state index in [1.165, 1.54) is 12.8 Å². The van der Waals surface area contributed by atoms with E-state index in [9.17, 15) is 4.79 Å². The molecular formula is C13H24N2O. The summed E-state index contributed by atoms with van der Waals surface area (Å²) in [4.78, 5) is 14.4. The predicted octanol–water partition coefficient (Wildman–Crippen LogP) is 1.63. The first-order valence-corrected chi connectivity index (χ1v) is 6.69. The number of hydrogen-bond donors (Lipinski definition) is 1. The van der Waals surface area contributed by atoms with E-state index in [1.54, 1.807) is 0 Å². The quantitative estimate of drug-likeness (QED) is 0.734. The number of nitrogens with one attached hydrogen (secondary N) is 1. The van der Waals surface area contributed by atoms with Crippen LogP contribution in [0, 0.1) is 11.8 Å². The SMILES string of the molecule is CC1CCC(C(=O)N2CCN[C@H](C)C2)CC1. The summed E-state index contributed by atoms with van der Waals surface area (Å²) in [7, 11) is 0. The molecule has 1 aliphatic carbocycles. The zero-order valence-corrected chi connectivity index (χ0v) is 10.5. The maximum atomic E-state index is 12.3. The topological polar surface area (TPSA) is 32.3 Å². The largest absolute Gasteiger partial charge is 0.340 e. The minimum Gasteiger partial charge on any atom is -0.340 e. The first-order valence-electron chi connectivity index (χ1n) is 6.69. The van der Waals surface area contributed by atoms with Crippen LogP contribution in [0.25, 0.3) is 0 Å². The molecule has 0 aromatic carbocycles. The summed E-state index contributed by atoms with van der Waals surface area (Å²) in [6, 6.07) is 0.459. The van der Waals surface area contributed by atoms with Crippen LogP contribution in [0.5, 0.6) is 0 Å². The van der Waals surface area contributed by atoms with E-state index >= 15 is 0 Å². The number of rotatable bonds is 1. The Labute approximate surface area is 98.6 Å². The van der Waals surface area contributed by atoms with Crippen molar-refractivity contribution in [1.82, 2.24) is 10.2 Å². The number of piperazine rings is 1. The van der Waals surface area contributed by atoms with Crippen LogP contribution in [-0.4, -0.2) is 36.5 Å². The Hall–Kier alpha value is -0.570. The van der Waals surface area contributed by atoms with Crippen molar-refractivity contribution in [3.8, 4) is 0 Å². The van der Waals surface area contributed by atoms with Crippen molar-refractivity contribution in [2.24, 2.45) is 11.8 Å². The lowest BCUT2D eigenvalue weighted by molar-refractivity contribution is -0.137. The van der Waals surface area contributed by atoms with Crippen LogP contribution in [0.1, 0.15) is 39.5 Å². The Morgan fingerprint density at radius 2 is 1.88 bits per heavy atom. The molecule has 92 valence electrons. The second-order valence-electron chi connectivity index (χ2n) is 5.60. The highest BCUT2D eigenvalue weighted by Gasteiger charge is 2.29. The first kappa shape index (κ1) is 11.9. The second-order valence-corrected chi connectivity index (χ2v) is 5.60. The molecule has 1 N–H and O–H groups in total. The highest BCUT2D eigenvalue weighted by Crippen LogP contribution is 2.29. The molecule has 1 saturated carbocycles. The van der Waals surface area contributed by atoms with E-state index < -0.39 is 0 Å². The molecule has 0 bridgehead atoms. The lowest BCUT2D eigenvalue weighted by Gasteiger charge is -2.36. The van der Waals surface area contributed by atoms with Gasteiger partial charge < -0.3 is 10.2 Å². The Kier molecular flexibility index (Phi) is 3.85. The summed E-state index contributed by atoms with van der Waals surface area (Å²) in [5, 5.41) is 3.38. The van der Waals surface area contributed by atoms with Crippen LogP contribution in [0.15, 0.2) is 0 Å². The molecule has 0 unspecified atom stereocenters. The van der Waals surface area contributed by atoms with Gasteiger partial charge in [-0.2, -0.15) is 0 Å². The number of carbonyl (C=O) groups excluding carboxylic acids is 1. The van der Waals surface area contributed by atoms with Gasteiger partial charge in [0.05, 0.1) is 0 Å². The molecule has 0 aromatic rings. The zero-order valence-electron chi connectivity index (χ0n) is 10.5. The lowest BCUT2D eigenvalue weighted by Crippen LogP contribution is -2.53. The second kappa shape index (κ2) is 5.17. The van der Waals surface area contributed by atoms with Gasteiger partial charge in [-0.1, -0.05) is 6.92 Å². The molecular weight excluding hydrogens is 200 g/mol. The van der Waals surface area contributed by atoms with E-state index in [-0.39, 0.29) is 0 Å². The van der Waals surface area contributed by atoms with Gasteiger partial charge in [-0.15, -0.1) is 0 Å². The molecule has 0 radical (unpaired) electrons. The van der Waals surface area contributed by atoms with Crippen molar-refractivity contribution in [3.63, 3.8) is 0 Å². The third kappa shape index (κ3) is 2.76. The number of amides is 1. The Morgan fingerprint density at radius 3 is 2.50 bits per heavy atom. The molecule has 2 rings (SSSR count). The molecule has 3 nitrogen and oxygen atoms in total. The van der Waals surface area contributed by atoms with Gasteiger partial charge in [0.25, 0.3) is 0 Å². The monoisotopic (exact) mass is 224 g/mol. The first-order chi connectivity index (χ1) is 7.66. The molecule has 2 aliphatic rings. The number of nitrogens with zero attached hydrogens (tertiary/aromatic N) is 1. The highest BCUT2D eigenvalue weighted by molar-refractivity contribution is 5.79. The van der Waals surface area contributed by atoms with Crippen LogP contribution in [0.4, 0.5) is 0 Å². The standard InChI is InChI=1S/C13H24N2O/c1-10-3-5-12(6-4-10)13(16)15-8-7-14-11(2)9-15/h10-12,14H,3-9H2,1-2H3/t10?,11-,12?/m1/s1. The summed E-state index contributed by atoms with van der Waals surface area (Å²) < 4.78 is 0. The molecule has 1 aliphatic heterocycles. The average molecular weight is 224 g/mol. The third-order valence-electron chi connectivity index (χ3n) is 4.05. The van der Waals surface area contributed by atoms with Gasteiger partial charge in [-0.25, -0.2) is 0 Å². The van der Waals surface area contributed by atoms with Crippen LogP contribution < -0.4 is 5.32 Å². The van der Waals surface area contributed by atoms with Crippen molar-refractivity contribution in [2.45, 2.75) is 45.6 Å². The van der Waals surface area contributed by atoms with Crippen molar-refractivity contribution < 1.29 is 4.79 Å². The summed E-state index contributed by atoms with van der Waals surface area (Å²) in [6.07, 6.45) is 4.69. The van der Waals surface area contributed by atoms with Gasteiger partial charge in [0, 0.05) is 31.6 Å². The molecule has 1 atom stereocenters. The van der Waals surface area contributed by atoms with Gasteiger partial charge in [0.1, 0.15) is 0 Å². The summed E-state index contributed by atoms with van der Waals surface area (Å²) >= 11 is 0. The van der Waals surface area contributed by atoms with Crippen molar-refractivity contribution in [2.75, 3.05) is 19.6 Å². The fourth-order valence-electron chi connectivity index (χ4n) is 2.90. The molecule has 0 aromatic heterocycles. The van der Waals surface area contributed by atoms with Crippen LogP contribution in [-0.2, 0) is 4.79 Å². The predicted molar refractivity (Wildman–Crippen MR) is 65.2 cm³/mol. The molecule has 16 heavy (non-hydrogen) atoms. The Balaban J connectivity index is 1.86. The average Bonchev–Trinajstić information content (AvgIpc) is 2.29. The van der Waals surface area contributed by atoms with E-state index in [0.717, 1.165) is 38.4 Å². The number of hydrogen-bond acceptors (Lipinski definition) is 2. The van der Waals surface area contributed by atoms with Crippen molar-refractivity contribution >= 4 is 5.91 Å². The van der Waals surface area contributed by atoms with Crippen LogP contribution in [0.2, 0.25) is 0 Å². The van der Waals surface area contributed by atoms with Gasteiger partial charge in [0.2, 0.25) is 5.91 Å². The lowest BCUT2D eigenvalue weighted by atomic mass is 9.82. The van der Waals surface area contributed by atoms with E-state index in [4.69, 9.17) is 0 Å². The maximum Gasteiger partial charge on any atom is 0.225 e. The summed E-state index contributed by atoms with van der Waals surface area (Å²) in [5.41, 5.74) is 0.